The van der Waals surface area contributed by atoms with E-state index < -0.39 is 17.6 Å². The predicted octanol–water partition coefficient (Wildman–Crippen LogP) is 3.77. The van der Waals surface area contributed by atoms with E-state index in [9.17, 15) is 17.6 Å². The van der Waals surface area contributed by atoms with E-state index >= 15 is 0 Å². The van der Waals surface area contributed by atoms with E-state index in [4.69, 9.17) is 5.26 Å². The topological polar surface area (TPSA) is 23.8 Å². The number of halogens is 4. The van der Waals surface area contributed by atoms with Gasteiger partial charge in [-0.15, -0.1) is 0 Å². The largest absolute Gasteiger partial charge is 0.416 e. The van der Waals surface area contributed by atoms with Crippen molar-refractivity contribution in [1.82, 2.24) is 0 Å². The standard InChI is InChI=1S/C11H7F4N/c12-10-5-4-9(11(13,14)15)7-8(10)3-1-2-6-16/h1,3-5,7H,2H2. The molecule has 16 heavy (non-hydrogen) atoms. The Morgan fingerprint density at radius 3 is 2.56 bits per heavy atom. The SMILES string of the molecule is N#CCC=Cc1cc(C(F)(F)F)ccc1F. The summed E-state index contributed by atoms with van der Waals surface area (Å²) >= 11 is 0. The monoisotopic (exact) mass is 229 g/mol. The molecule has 1 aromatic carbocycles. The molecule has 0 aliphatic rings. The van der Waals surface area contributed by atoms with Gasteiger partial charge in [0.1, 0.15) is 5.82 Å². The van der Waals surface area contributed by atoms with Crippen LogP contribution >= 0.6 is 0 Å². The van der Waals surface area contributed by atoms with Crippen LogP contribution in [0.25, 0.3) is 6.08 Å². The minimum Gasteiger partial charge on any atom is -0.206 e. The maximum absolute atomic E-state index is 13.1. The summed E-state index contributed by atoms with van der Waals surface area (Å²) in [6.07, 6.45) is -2.01. The lowest BCUT2D eigenvalue weighted by molar-refractivity contribution is -0.137. The van der Waals surface area contributed by atoms with Gasteiger partial charge in [0, 0.05) is 5.56 Å². The van der Waals surface area contributed by atoms with Crippen LogP contribution in [-0.4, -0.2) is 0 Å². The van der Waals surface area contributed by atoms with Crippen molar-refractivity contribution in [3.05, 3.63) is 41.2 Å². The van der Waals surface area contributed by atoms with Crippen LogP contribution in [0, 0.1) is 17.1 Å². The molecule has 0 heterocycles. The van der Waals surface area contributed by atoms with Crippen LogP contribution in [0.2, 0.25) is 0 Å². The number of benzene rings is 1. The third-order valence-corrected chi connectivity index (χ3v) is 1.83. The summed E-state index contributed by atoms with van der Waals surface area (Å²) in [4.78, 5) is 0. The Morgan fingerprint density at radius 2 is 2.00 bits per heavy atom. The lowest BCUT2D eigenvalue weighted by Gasteiger charge is -2.07. The lowest BCUT2D eigenvalue weighted by atomic mass is 10.1. The van der Waals surface area contributed by atoms with E-state index in [2.05, 4.69) is 0 Å². The molecule has 0 unspecified atom stereocenters. The molecule has 0 saturated carbocycles. The maximum atomic E-state index is 13.1. The van der Waals surface area contributed by atoms with E-state index in [1.807, 2.05) is 0 Å². The van der Waals surface area contributed by atoms with E-state index in [0.717, 1.165) is 12.1 Å². The van der Waals surface area contributed by atoms with Crippen molar-refractivity contribution in [3.8, 4) is 6.07 Å². The summed E-state index contributed by atoms with van der Waals surface area (Å²) in [5, 5.41) is 8.22. The Labute approximate surface area is 89.6 Å². The molecule has 0 N–H and O–H groups in total. The van der Waals surface area contributed by atoms with Crippen molar-refractivity contribution in [3.63, 3.8) is 0 Å². The first-order chi connectivity index (χ1) is 7.45. The van der Waals surface area contributed by atoms with E-state index in [-0.39, 0.29) is 12.0 Å². The minimum absolute atomic E-state index is 0.0235. The zero-order chi connectivity index (χ0) is 12.2. The number of alkyl halides is 3. The molecule has 1 rings (SSSR count). The fourth-order valence-electron chi connectivity index (χ4n) is 1.09. The van der Waals surface area contributed by atoms with Crippen LogP contribution in [0.5, 0.6) is 0 Å². The highest BCUT2D eigenvalue weighted by Crippen LogP contribution is 2.30. The summed E-state index contributed by atoms with van der Waals surface area (Å²) in [5.74, 6) is -0.748. The van der Waals surface area contributed by atoms with E-state index in [1.54, 1.807) is 6.07 Å². The summed E-state index contributed by atoms with van der Waals surface area (Å²) in [5.41, 5.74) is -1.09. The Kier molecular flexibility index (Phi) is 3.67. The van der Waals surface area contributed by atoms with Gasteiger partial charge in [-0.25, -0.2) is 4.39 Å². The van der Waals surface area contributed by atoms with Crippen LogP contribution in [0.4, 0.5) is 17.6 Å². The smallest absolute Gasteiger partial charge is 0.206 e. The molecule has 1 aromatic rings. The molecule has 5 heteroatoms. The van der Waals surface area contributed by atoms with Crippen molar-refractivity contribution in [2.24, 2.45) is 0 Å². The van der Waals surface area contributed by atoms with Gasteiger partial charge in [-0.3, -0.25) is 0 Å². The molecule has 0 atom stereocenters. The molecule has 0 aliphatic carbocycles. The van der Waals surface area contributed by atoms with Gasteiger partial charge in [0.25, 0.3) is 0 Å². The van der Waals surface area contributed by atoms with Gasteiger partial charge in [-0.05, 0) is 18.2 Å². The number of rotatable bonds is 2. The number of nitrogens with zero attached hydrogens (tertiary/aromatic N) is 1. The summed E-state index contributed by atoms with van der Waals surface area (Å²) in [6, 6.07) is 3.92. The Bertz CT molecular complexity index is 440. The third kappa shape index (κ3) is 3.09. The average molecular weight is 229 g/mol. The Morgan fingerprint density at radius 1 is 1.31 bits per heavy atom. The zero-order valence-corrected chi connectivity index (χ0v) is 8.05. The minimum atomic E-state index is -4.49. The predicted molar refractivity (Wildman–Crippen MR) is 50.7 cm³/mol. The molecule has 84 valence electrons. The number of hydrogen-bond donors (Lipinski definition) is 0. The fraction of sp³-hybridized carbons (Fsp3) is 0.182. The fourth-order valence-corrected chi connectivity index (χ4v) is 1.09. The summed E-state index contributed by atoms with van der Waals surface area (Å²) in [6.45, 7) is 0. The molecule has 0 fully saturated rings. The molecule has 0 amide bonds. The van der Waals surface area contributed by atoms with Crippen LogP contribution in [-0.2, 0) is 6.18 Å². The molecule has 0 bridgehead atoms. The van der Waals surface area contributed by atoms with Crippen LogP contribution in [0.1, 0.15) is 17.5 Å². The highest BCUT2D eigenvalue weighted by Gasteiger charge is 2.30. The quantitative estimate of drug-likeness (QED) is 0.708. The van der Waals surface area contributed by atoms with Crippen LogP contribution < -0.4 is 0 Å². The van der Waals surface area contributed by atoms with Crippen molar-refractivity contribution < 1.29 is 17.6 Å². The molecule has 1 nitrogen and oxygen atoms in total. The van der Waals surface area contributed by atoms with Crippen LogP contribution in [0.15, 0.2) is 24.3 Å². The highest BCUT2D eigenvalue weighted by molar-refractivity contribution is 5.51. The van der Waals surface area contributed by atoms with E-state index in [0.29, 0.717) is 12.1 Å². The van der Waals surface area contributed by atoms with Gasteiger partial charge in [-0.2, -0.15) is 18.4 Å². The second-order valence-electron chi connectivity index (χ2n) is 3.00. The zero-order valence-electron chi connectivity index (χ0n) is 8.05. The summed E-state index contributed by atoms with van der Waals surface area (Å²) < 4.78 is 50.0. The second-order valence-corrected chi connectivity index (χ2v) is 3.00. The van der Waals surface area contributed by atoms with Gasteiger partial charge < -0.3 is 0 Å². The third-order valence-electron chi connectivity index (χ3n) is 1.83. The first-order valence-corrected chi connectivity index (χ1v) is 4.35. The van der Waals surface area contributed by atoms with E-state index in [1.165, 1.54) is 6.08 Å². The van der Waals surface area contributed by atoms with Gasteiger partial charge in [0.05, 0.1) is 18.1 Å². The summed E-state index contributed by atoms with van der Waals surface area (Å²) in [7, 11) is 0. The Balaban J connectivity index is 3.05. The lowest BCUT2D eigenvalue weighted by Crippen LogP contribution is -2.05. The molecule has 0 saturated heterocycles. The highest BCUT2D eigenvalue weighted by atomic mass is 19.4. The first kappa shape index (κ1) is 12.2. The first-order valence-electron chi connectivity index (χ1n) is 4.35. The van der Waals surface area contributed by atoms with Crippen molar-refractivity contribution in [1.29, 1.82) is 5.26 Å². The van der Waals surface area contributed by atoms with Gasteiger partial charge >= 0.3 is 6.18 Å². The normalized spacial score (nSPS) is 11.7. The maximum Gasteiger partial charge on any atom is 0.416 e. The van der Waals surface area contributed by atoms with Gasteiger partial charge in [0.2, 0.25) is 0 Å². The van der Waals surface area contributed by atoms with Gasteiger partial charge in [0.15, 0.2) is 0 Å². The Hall–Kier alpha value is -1.83. The van der Waals surface area contributed by atoms with Crippen molar-refractivity contribution in [2.75, 3.05) is 0 Å². The van der Waals surface area contributed by atoms with Crippen LogP contribution in [0.3, 0.4) is 0 Å². The van der Waals surface area contributed by atoms with Crippen molar-refractivity contribution >= 4 is 6.08 Å². The number of hydrogen-bond acceptors (Lipinski definition) is 1. The number of allylic oxidation sites excluding steroid dienone is 1. The molecular formula is C11H7F4N. The molecule has 0 aliphatic heterocycles. The molecule has 0 spiro atoms. The molecular weight excluding hydrogens is 222 g/mol. The van der Waals surface area contributed by atoms with Gasteiger partial charge in [-0.1, -0.05) is 12.2 Å². The molecule has 0 aromatic heterocycles. The molecule has 0 radical (unpaired) electrons. The van der Waals surface area contributed by atoms with Crippen molar-refractivity contribution in [2.45, 2.75) is 12.6 Å². The number of nitriles is 1. The average Bonchev–Trinajstić information content (AvgIpc) is 2.19. The second kappa shape index (κ2) is 4.79.